The number of carboxylic acids is 1. The van der Waals surface area contributed by atoms with E-state index in [4.69, 9.17) is 9.84 Å². The summed E-state index contributed by atoms with van der Waals surface area (Å²) in [5, 5.41) is 14.3. The molecule has 6 nitrogen and oxygen atoms in total. The molecule has 0 saturated heterocycles. The third kappa shape index (κ3) is 5.66. The summed E-state index contributed by atoms with van der Waals surface area (Å²) >= 11 is 0. The lowest BCUT2D eigenvalue weighted by Crippen LogP contribution is -2.32. The highest BCUT2D eigenvalue weighted by atomic mass is 16.5. The molecule has 0 aliphatic carbocycles. The molecule has 0 aromatic heterocycles. The van der Waals surface area contributed by atoms with Crippen LogP contribution < -0.4 is 10.6 Å². The Bertz CT molecular complexity index is 540. The minimum atomic E-state index is -1.02. The molecule has 0 radical (unpaired) electrons. The molecular formula is C15H20N2O4. The molecule has 1 aromatic rings. The van der Waals surface area contributed by atoms with Gasteiger partial charge in [-0.2, -0.15) is 0 Å². The summed E-state index contributed by atoms with van der Waals surface area (Å²) in [6.07, 6.45) is 0. The zero-order valence-electron chi connectivity index (χ0n) is 12.2. The lowest BCUT2D eigenvalue weighted by molar-refractivity contribution is 0.0696. The van der Waals surface area contributed by atoms with Crippen molar-refractivity contribution >= 4 is 17.7 Å². The predicted octanol–water partition coefficient (Wildman–Crippen LogP) is 2.41. The summed E-state index contributed by atoms with van der Waals surface area (Å²) in [5.74, 6) is -1.02. The smallest absolute Gasteiger partial charge is 0.336 e. The van der Waals surface area contributed by atoms with E-state index >= 15 is 0 Å². The molecule has 3 N–H and O–H groups in total. The third-order valence-electron chi connectivity index (χ3n) is 2.69. The Morgan fingerprint density at radius 2 is 2.10 bits per heavy atom. The number of carboxylic acid groups (broad SMARTS) is 1. The van der Waals surface area contributed by atoms with Crippen molar-refractivity contribution in [3.63, 3.8) is 0 Å². The molecule has 1 aromatic carbocycles. The summed E-state index contributed by atoms with van der Waals surface area (Å²) in [6.45, 7) is 8.41. The first-order chi connectivity index (χ1) is 9.91. The van der Waals surface area contributed by atoms with Gasteiger partial charge in [0.25, 0.3) is 0 Å². The van der Waals surface area contributed by atoms with Crippen molar-refractivity contribution in [2.75, 3.05) is 25.1 Å². The minimum absolute atomic E-state index is 0.164. The molecule has 1 rings (SSSR count). The van der Waals surface area contributed by atoms with E-state index in [1.54, 1.807) is 19.1 Å². The number of amides is 2. The Kier molecular flexibility index (Phi) is 6.42. The van der Waals surface area contributed by atoms with Crippen molar-refractivity contribution < 1.29 is 19.4 Å². The van der Waals surface area contributed by atoms with Crippen LogP contribution in [0.15, 0.2) is 30.4 Å². The SMILES string of the molecule is C=C(C)COCCNC(=O)Nc1cccc(C(=O)O)c1C. The van der Waals surface area contributed by atoms with Crippen molar-refractivity contribution in [2.45, 2.75) is 13.8 Å². The second-order valence-electron chi connectivity index (χ2n) is 4.67. The highest BCUT2D eigenvalue weighted by Gasteiger charge is 2.11. The number of benzene rings is 1. The number of hydrogen-bond acceptors (Lipinski definition) is 3. The lowest BCUT2D eigenvalue weighted by Gasteiger charge is -2.11. The number of urea groups is 1. The van der Waals surface area contributed by atoms with E-state index in [9.17, 15) is 9.59 Å². The number of carbonyl (C=O) groups excluding carboxylic acids is 1. The highest BCUT2D eigenvalue weighted by Crippen LogP contribution is 2.18. The van der Waals surface area contributed by atoms with Gasteiger partial charge in [0.2, 0.25) is 0 Å². The highest BCUT2D eigenvalue weighted by molar-refractivity contribution is 5.95. The van der Waals surface area contributed by atoms with E-state index in [0.29, 0.717) is 31.0 Å². The monoisotopic (exact) mass is 292 g/mol. The summed E-state index contributed by atoms with van der Waals surface area (Å²) < 4.78 is 5.25. The molecule has 21 heavy (non-hydrogen) atoms. The molecular weight excluding hydrogens is 272 g/mol. The van der Waals surface area contributed by atoms with Crippen LogP contribution in [-0.4, -0.2) is 36.9 Å². The van der Waals surface area contributed by atoms with Crippen molar-refractivity contribution in [3.05, 3.63) is 41.5 Å². The van der Waals surface area contributed by atoms with Gasteiger partial charge in [-0.05, 0) is 31.5 Å². The van der Waals surface area contributed by atoms with Gasteiger partial charge in [-0.1, -0.05) is 18.2 Å². The normalized spacial score (nSPS) is 10.0. The van der Waals surface area contributed by atoms with Crippen LogP contribution in [0.2, 0.25) is 0 Å². The molecule has 0 aliphatic rings. The molecule has 0 unspecified atom stereocenters. The molecule has 0 spiro atoms. The minimum Gasteiger partial charge on any atom is -0.478 e. The maximum Gasteiger partial charge on any atom is 0.336 e. The number of anilines is 1. The fraction of sp³-hybridized carbons (Fsp3) is 0.333. The van der Waals surface area contributed by atoms with Gasteiger partial charge in [-0.25, -0.2) is 9.59 Å². The molecule has 2 amide bonds. The van der Waals surface area contributed by atoms with Crippen molar-refractivity contribution in [1.82, 2.24) is 5.32 Å². The number of aromatic carboxylic acids is 1. The first-order valence-electron chi connectivity index (χ1n) is 6.51. The van der Waals surface area contributed by atoms with Gasteiger partial charge in [0.15, 0.2) is 0 Å². The molecule has 0 aliphatic heterocycles. The van der Waals surface area contributed by atoms with Crippen LogP contribution in [0.1, 0.15) is 22.8 Å². The maximum absolute atomic E-state index is 11.7. The van der Waals surface area contributed by atoms with E-state index < -0.39 is 12.0 Å². The van der Waals surface area contributed by atoms with Gasteiger partial charge in [0, 0.05) is 12.2 Å². The van der Waals surface area contributed by atoms with Crippen molar-refractivity contribution in [1.29, 1.82) is 0 Å². The standard InChI is InChI=1S/C15H20N2O4/c1-10(2)9-21-8-7-16-15(20)17-13-6-4-5-12(11(13)3)14(18)19/h4-6H,1,7-9H2,2-3H3,(H,18,19)(H2,16,17,20). The van der Waals surface area contributed by atoms with Gasteiger partial charge in [-0.3, -0.25) is 0 Å². The molecule has 0 saturated carbocycles. The summed E-state index contributed by atoms with van der Waals surface area (Å²) in [4.78, 5) is 22.7. The topological polar surface area (TPSA) is 87.7 Å². The van der Waals surface area contributed by atoms with E-state index in [-0.39, 0.29) is 5.56 Å². The van der Waals surface area contributed by atoms with Crippen LogP contribution in [0.3, 0.4) is 0 Å². The first-order valence-corrected chi connectivity index (χ1v) is 6.51. The fourth-order valence-electron chi connectivity index (χ4n) is 1.65. The quantitative estimate of drug-likeness (QED) is 0.532. The number of rotatable bonds is 7. The van der Waals surface area contributed by atoms with Crippen molar-refractivity contribution in [3.8, 4) is 0 Å². The molecule has 0 fully saturated rings. The molecule has 6 heteroatoms. The van der Waals surface area contributed by atoms with Crippen LogP contribution in [0.5, 0.6) is 0 Å². The average Bonchev–Trinajstić information content (AvgIpc) is 2.40. The second-order valence-corrected chi connectivity index (χ2v) is 4.67. The van der Waals surface area contributed by atoms with Crippen LogP contribution in [0.25, 0.3) is 0 Å². The number of ether oxygens (including phenoxy) is 1. The number of hydrogen-bond donors (Lipinski definition) is 3. The largest absolute Gasteiger partial charge is 0.478 e. The van der Waals surface area contributed by atoms with E-state index in [0.717, 1.165) is 5.57 Å². The van der Waals surface area contributed by atoms with Crippen LogP contribution in [0.4, 0.5) is 10.5 Å². The maximum atomic E-state index is 11.7. The average molecular weight is 292 g/mol. The zero-order chi connectivity index (χ0) is 15.8. The summed E-state index contributed by atoms with van der Waals surface area (Å²) in [5.41, 5.74) is 2.06. The Labute approximate surface area is 123 Å². The van der Waals surface area contributed by atoms with E-state index in [1.807, 2.05) is 6.92 Å². The Morgan fingerprint density at radius 1 is 1.38 bits per heavy atom. The molecule has 0 atom stereocenters. The van der Waals surface area contributed by atoms with Crippen molar-refractivity contribution in [2.24, 2.45) is 0 Å². The van der Waals surface area contributed by atoms with Gasteiger partial charge < -0.3 is 20.5 Å². The Hall–Kier alpha value is -2.34. The van der Waals surface area contributed by atoms with Gasteiger partial charge in [-0.15, -0.1) is 0 Å². The fourth-order valence-corrected chi connectivity index (χ4v) is 1.65. The molecule has 0 heterocycles. The van der Waals surface area contributed by atoms with Gasteiger partial charge >= 0.3 is 12.0 Å². The number of carbonyl (C=O) groups is 2. The molecule has 114 valence electrons. The van der Waals surface area contributed by atoms with Gasteiger partial charge in [0.05, 0.1) is 18.8 Å². The third-order valence-corrected chi connectivity index (χ3v) is 2.69. The summed E-state index contributed by atoms with van der Waals surface area (Å²) in [7, 11) is 0. The van der Waals surface area contributed by atoms with Crippen LogP contribution in [-0.2, 0) is 4.74 Å². The molecule has 0 bridgehead atoms. The van der Waals surface area contributed by atoms with Crippen LogP contribution in [0, 0.1) is 6.92 Å². The lowest BCUT2D eigenvalue weighted by atomic mass is 10.1. The predicted molar refractivity (Wildman–Crippen MR) is 80.8 cm³/mol. The second kappa shape index (κ2) is 8.06. The van der Waals surface area contributed by atoms with Crippen LogP contribution >= 0.6 is 0 Å². The Morgan fingerprint density at radius 3 is 2.71 bits per heavy atom. The first kappa shape index (κ1) is 16.7. The summed E-state index contributed by atoms with van der Waals surface area (Å²) in [6, 6.07) is 4.33. The number of nitrogens with one attached hydrogen (secondary N) is 2. The van der Waals surface area contributed by atoms with E-state index in [2.05, 4.69) is 17.2 Å². The Balaban J connectivity index is 2.46. The van der Waals surface area contributed by atoms with E-state index in [1.165, 1.54) is 6.07 Å². The van der Waals surface area contributed by atoms with Gasteiger partial charge in [0.1, 0.15) is 0 Å². The zero-order valence-corrected chi connectivity index (χ0v) is 12.2.